The van der Waals surface area contributed by atoms with E-state index in [0.717, 1.165) is 12.8 Å². The summed E-state index contributed by atoms with van der Waals surface area (Å²) >= 11 is 0. The highest BCUT2D eigenvalue weighted by Crippen LogP contribution is 2.28. The van der Waals surface area contributed by atoms with Crippen LogP contribution in [-0.4, -0.2) is 31.9 Å². The molecule has 0 saturated heterocycles. The van der Waals surface area contributed by atoms with Gasteiger partial charge in [-0.15, -0.1) is 0 Å². The Labute approximate surface area is 166 Å². The molecule has 0 aliphatic carbocycles. The van der Waals surface area contributed by atoms with E-state index in [1.54, 1.807) is 17.6 Å². The van der Waals surface area contributed by atoms with Gasteiger partial charge in [-0.2, -0.15) is 0 Å². The molecule has 0 aromatic heterocycles. The molecule has 0 bridgehead atoms. The molecule has 0 aliphatic rings. The summed E-state index contributed by atoms with van der Waals surface area (Å²) in [7, 11) is -2.25. The predicted molar refractivity (Wildman–Crippen MR) is 107 cm³/mol. The lowest BCUT2D eigenvalue weighted by Crippen LogP contribution is -2.38. The SMILES string of the molecule is COc1ccc(S(=O)(=O)C(CCCCc2ccccc2)C(C)C(=O)NO)cc1. The maximum Gasteiger partial charge on any atom is 0.247 e. The van der Waals surface area contributed by atoms with Gasteiger partial charge in [0.1, 0.15) is 5.75 Å². The summed E-state index contributed by atoms with van der Waals surface area (Å²) in [6.07, 6.45) is 2.64. The van der Waals surface area contributed by atoms with Gasteiger partial charge in [0.2, 0.25) is 5.91 Å². The van der Waals surface area contributed by atoms with Crippen LogP contribution in [0.3, 0.4) is 0 Å². The quantitative estimate of drug-likeness (QED) is 0.359. The maximum absolute atomic E-state index is 13.2. The molecule has 0 heterocycles. The van der Waals surface area contributed by atoms with Crippen molar-refractivity contribution in [1.29, 1.82) is 0 Å². The van der Waals surface area contributed by atoms with E-state index < -0.39 is 26.9 Å². The second kappa shape index (κ2) is 10.2. The minimum atomic E-state index is -3.75. The van der Waals surface area contributed by atoms with Crippen molar-refractivity contribution in [1.82, 2.24) is 5.48 Å². The van der Waals surface area contributed by atoms with Crippen LogP contribution in [0.4, 0.5) is 0 Å². The van der Waals surface area contributed by atoms with E-state index in [1.165, 1.54) is 31.7 Å². The zero-order valence-corrected chi connectivity index (χ0v) is 17.0. The minimum Gasteiger partial charge on any atom is -0.497 e. The third kappa shape index (κ3) is 5.56. The summed E-state index contributed by atoms with van der Waals surface area (Å²) in [5.74, 6) is -1.03. The van der Waals surface area contributed by atoms with Crippen LogP contribution < -0.4 is 10.2 Å². The molecular weight excluding hydrogens is 378 g/mol. The first-order valence-corrected chi connectivity index (χ1v) is 10.8. The standard InChI is InChI=1S/C21H27NO5S/c1-16(21(23)22-24)20(11-7-6-10-17-8-4-3-5-9-17)28(25,26)19-14-12-18(27-2)13-15-19/h3-5,8-9,12-16,20,24H,6-7,10-11H2,1-2H3,(H,22,23). The lowest BCUT2D eigenvalue weighted by Gasteiger charge is -2.23. The zero-order chi connectivity index (χ0) is 20.6. The number of carbonyl (C=O) groups excluding carboxylic acids is 1. The van der Waals surface area contributed by atoms with Gasteiger partial charge in [-0.05, 0) is 49.1 Å². The van der Waals surface area contributed by atoms with Crippen LogP contribution in [0.1, 0.15) is 31.7 Å². The number of carbonyl (C=O) groups is 1. The molecule has 28 heavy (non-hydrogen) atoms. The molecule has 152 valence electrons. The first kappa shape index (κ1) is 21.9. The van der Waals surface area contributed by atoms with Gasteiger partial charge < -0.3 is 4.74 Å². The summed E-state index contributed by atoms with van der Waals surface area (Å²) < 4.78 is 31.4. The van der Waals surface area contributed by atoms with Gasteiger partial charge in [-0.25, -0.2) is 13.9 Å². The van der Waals surface area contributed by atoms with Crippen LogP contribution in [0.2, 0.25) is 0 Å². The van der Waals surface area contributed by atoms with Crippen molar-refractivity contribution in [3.63, 3.8) is 0 Å². The van der Waals surface area contributed by atoms with Crippen molar-refractivity contribution in [3.8, 4) is 5.75 Å². The molecule has 0 aliphatic heterocycles. The third-order valence-electron chi connectivity index (χ3n) is 4.91. The van der Waals surface area contributed by atoms with Crippen LogP contribution in [0.15, 0.2) is 59.5 Å². The van der Waals surface area contributed by atoms with E-state index in [4.69, 9.17) is 9.94 Å². The average Bonchev–Trinajstić information content (AvgIpc) is 2.73. The van der Waals surface area contributed by atoms with Crippen molar-refractivity contribution in [3.05, 3.63) is 60.2 Å². The van der Waals surface area contributed by atoms with Crippen LogP contribution in [0.5, 0.6) is 5.75 Å². The molecule has 2 atom stereocenters. The highest BCUT2D eigenvalue weighted by Gasteiger charge is 2.35. The number of nitrogens with one attached hydrogen (secondary N) is 1. The smallest absolute Gasteiger partial charge is 0.247 e. The number of methoxy groups -OCH3 is 1. The fourth-order valence-electron chi connectivity index (χ4n) is 3.20. The number of rotatable bonds is 10. The zero-order valence-electron chi connectivity index (χ0n) is 16.2. The van der Waals surface area contributed by atoms with Crippen molar-refractivity contribution >= 4 is 15.7 Å². The lowest BCUT2D eigenvalue weighted by molar-refractivity contribution is -0.132. The number of ether oxygens (including phenoxy) is 1. The maximum atomic E-state index is 13.2. The largest absolute Gasteiger partial charge is 0.497 e. The number of hydrogen-bond acceptors (Lipinski definition) is 5. The van der Waals surface area contributed by atoms with Crippen LogP contribution >= 0.6 is 0 Å². The Morgan fingerprint density at radius 2 is 1.71 bits per heavy atom. The highest BCUT2D eigenvalue weighted by molar-refractivity contribution is 7.92. The van der Waals surface area contributed by atoms with E-state index in [9.17, 15) is 13.2 Å². The number of hydrogen-bond donors (Lipinski definition) is 2. The van der Waals surface area contributed by atoms with Crippen LogP contribution in [0, 0.1) is 5.92 Å². The number of unbranched alkanes of at least 4 members (excludes halogenated alkanes) is 1. The van der Waals surface area contributed by atoms with Gasteiger partial charge in [0.15, 0.2) is 9.84 Å². The summed E-state index contributed by atoms with van der Waals surface area (Å²) in [6.45, 7) is 1.52. The van der Waals surface area contributed by atoms with Gasteiger partial charge in [-0.3, -0.25) is 10.0 Å². The molecule has 2 aromatic carbocycles. The van der Waals surface area contributed by atoms with Crippen molar-refractivity contribution in [2.24, 2.45) is 5.92 Å². The summed E-state index contributed by atoms with van der Waals surface area (Å²) in [4.78, 5) is 12.1. The Kier molecular flexibility index (Phi) is 8.02. The average molecular weight is 406 g/mol. The number of hydroxylamine groups is 1. The second-order valence-corrected chi connectivity index (χ2v) is 8.92. The van der Waals surface area contributed by atoms with E-state index in [2.05, 4.69) is 0 Å². The molecule has 7 heteroatoms. The molecule has 1 amide bonds. The normalized spacial score (nSPS) is 13.5. The Morgan fingerprint density at radius 1 is 1.07 bits per heavy atom. The van der Waals surface area contributed by atoms with Gasteiger partial charge in [-0.1, -0.05) is 43.7 Å². The predicted octanol–water partition coefficient (Wildman–Crippen LogP) is 3.39. The van der Waals surface area contributed by atoms with E-state index in [0.29, 0.717) is 18.6 Å². The monoisotopic (exact) mass is 405 g/mol. The first-order valence-electron chi connectivity index (χ1n) is 9.26. The molecule has 0 spiro atoms. The fraction of sp³-hybridized carbons (Fsp3) is 0.381. The van der Waals surface area contributed by atoms with Crippen LogP contribution in [0.25, 0.3) is 0 Å². The summed E-state index contributed by atoms with van der Waals surface area (Å²) in [5, 5.41) is 8.04. The first-order chi connectivity index (χ1) is 13.4. The summed E-state index contributed by atoms with van der Waals surface area (Å²) in [6, 6.07) is 16.1. The van der Waals surface area contributed by atoms with Crippen molar-refractivity contribution in [2.45, 2.75) is 42.8 Å². The number of benzene rings is 2. The Morgan fingerprint density at radius 3 is 2.29 bits per heavy atom. The van der Waals surface area contributed by atoms with E-state index in [-0.39, 0.29) is 4.90 Å². The lowest BCUT2D eigenvalue weighted by atomic mass is 10.00. The van der Waals surface area contributed by atoms with Gasteiger partial charge in [0.05, 0.1) is 23.2 Å². The molecule has 0 saturated carbocycles. The number of aryl methyl sites for hydroxylation is 1. The van der Waals surface area contributed by atoms with Gasteiger partial charge in [0.25, 0.3) is 0 Å². The molecular formula is C21H27NO5S. The number of sulfone groups is 1. The number of amides is 1. The summed E-state index contributed by atoms with van der Waals surface area (Å²) in [5.41, 5.74) is 2.77. The molecule has 6 nitrogen and oxygen atoms in total. The second-order valence-electron chi connectivity index (χ2n) is 6.76. The van der Waals surface area contributed by atoms with E-state index >= 15 is 0 Å². The molecule has 0 radical (unpaired) electrons. The van der Waals surface area contributed by atoms with E-state index in [1.807, 2.05) is 30.3 Å². The molecule has 2 N–H and O–H groups in total. The van der Waals surface area contributed by atoms with Gasteiger partial charge >= 0.3 is 0 Å². The molecule has 2 rings (SSSR count). The fourth-order valence-corrected chi connectivity index (χ4v) is 5.21. The highest BCUT2D eigenvalue weighted by atomic mass is 32.2. The Bertz CT molecular complexity index is 850. The minimum absolute atomic E-state index is 0.138. The van der Waals surface area contributed by atoms with Crippen molar-refractivity contribution < 1.29 is 23.2 Å². The Hall–Kier alpha value is -2.38. The molecule has 2 aromatic rings. The van der Waals surface area contributed by atoms with Crippen molar-refractivity contribution in [2.75, 3.05) is 7.11 Å². The van der Waals surface area contributed by atoms with Crippen LogP contribution in [-0.2, 0) is 21.1 Å². The molecule has 2 unspecified atom stereocenters. The molecule has 0 fully saturated rings. The Balaban J connectivity index is 2.14. The topological polar surface area (TPSA) is 92.7 Å². The third-order valence-corrected chi connectivity index (χ3v) is 7.29. The van der Waals surface area contributed by atoms with Gasteiger partial charge in [0, 0.05) is 0 Å².